The van der Waals surface area contributed by atoms with E-state index in [0.29, 0.717) is 0 Å². The molecule has 0 spiro atoms. The monoisotopic (exact) mass is 670 g/mol. The lowest BCUT2D eigenvalue weighted by Gasteiger charge is -2.40. The summed E-state index contributed by atoms with van der Waals surface area (Å²) in [6.45, 7) is 19.5. The maximum Gasteiger partial charge on any atom is 0.408 e. The number of carbonyl (C=O) groups is 4. The van der Waals surface area contributed by atoms with Gasteiger partial charge in [0.05, 0.1) is 25.2 Å². The minimum Gasteiger partial charge on any atom is -0.465 e. The predicted molar refractivity (Wildman–Crippen MR) is 173 cm³/mol. The molecule has 0 bridgehead atoms. The molecule has 0 rings (SSSR count). The summed E-state index contributed by atoms with van der Waals surface area (Å²) in [6.07, 6.45) is -8.10. The van der Waals surface area contributed by atoms with E-state index in [0.717, 1.165) is 19.6 Å². The van der Waals surface area contributed by atoms with Gasteiger partial charge in [0.25, 0.3) is 0 Å². The summed E-state index contributed by atoms with van der Waals surface area (Å²) in [5.41, 5.74) is 8.31. The second-order valence-corrected chi connectivity index (χ2v) is 15.2. The minimum atomic E-state index is -1.51. The van der Waals surface area contributed by atoms with Gasteiger partial charge in [0.2, 0.25) is 0 Å². The smallest absolute Gasteiger partial charge is 0.408 e. The highest BCUT2D eigenvalue weighted by molar-refractivity contribution is 5.67. The average Bonchev–Trinajstić information content (AvgIpc) is 2.81. The number of rotatable bonds is 12. The standard InChI is InChI=1S/2C15H30FN3O4/c2*1-14(2,3)18(12(20)21)9-10(16)7-11(8-17)19(13(22)23)15(4,5)6/h2*10-11H,7-9,17H2,1-6H3,(H,20,21)(H,22,23)/t2*10-,11+/m00/s1. The van der Waals surface area contributed by atoms with Crippen molar-refractivity contribution in [1.82, 2.24) is 19.6 Å². The number of alkyl halides is 2. The van der Waals surface area contributed by atoms with Crippen molar-refractivity contribution >= 4 is 24.4 Å². The van der Waals surface area contributed by atoms with Crippen LogP contribution in [0.3, 0.4) is 0 Å². The Hall–Kier alpha value is -3.14. The number of carboxylic acid groups (broad SMARTS) is 4. The Labute approximate surface area is 272 Å². The lowest BCUT2D eigenvalue weighted by Crippen LogP contribution is -2.55. The summed E-state index contributed by atoms with van der Waals surface area (Å²) >= 11 is 0. The SMILES string of the molecule is CC(C)(C)N(C[C@@H](F)C[C@H](CN)N(C(=O)O)C(C)(C)C)C(=O)O.CC(C)(C)N(C[C@@H](F)C[C@H](CN)N(C(=O)O)C(C)(C)C)C(=O)O. The molecule has 0 aliphatic carbocycles. The molecule has 0 saturated carbocycles. The molecule has 0 radical (unpaired) electrons. The van der Waals surface area contributed by atoms with Gasteiger partial charge in [-0.3, -0.25) is 9.80 Å². The first-order valence-corrected chi connectivity index (χ1v) is 15.2. The minimum absolute atomic E-state index is 0.0351. The Morgan fingerprint density at radius 1 is 0.522 bits per heavy atom. The number of amides is 4. The van der Waals surface area contributed by atoms with Gasteiger partial charge in [-0.1, -0.05) is 0 Å². The summed E-state index contributed by atoms with van der Waals surface area (Å²) in [4.78, 5) is 49.7. The van der Waals surface area contributed by atoms with E-state index in [2.05, 4.69) is 0 Å². The third-order valence-electron chi connectivity index (χ3n) is 7.03. The lowest BCUT2D eigenvalue weighted by atomic mass is 9.99. The second-order valence-electron chi connectivity index (χ2n) is 15.2. The van der Waals surface area contributed by atoms with Gasteiger partial charge < -0.3 is 41.7 Å². The normalized spacial score (nSPS) is 15.0. The maximum absolute atomic E-state index is 14.4. The van der Waals surface area contributed by atoms with Crippen molar-refractivity contribution in [3.05, 3.63) is 0 Å². The largest absolute Gasteiger partial charge is 0.465 e. The van der Waals surface area contributed by atoms with E-state index in [-0.39, 0.29) is 39.0 Å². The topological polar surface area (TPSA) is 214 Å². The molecular weight excluding hydrogens is 610 g/mol. The van der Waals surface area contributed by atoms with Crippen molar-refractivity contribution in [2.45, 2.75) is 143 Å². The van der Waals surface area contributed by atoms with E-state index in [4.69, 9.17) is 11.5 Å². The van der Waals surface area contributed by atoms with Crippen molar-refractivity contribution in [1.29, 1.82) is 0 Å². The lowest BCUT2D eigenvalue weighted by molar-refractivity contribution is 0.0457. The average molecular weight is 671 g/mol. The van der Waals surface area contributed by atoms with Crippen molar-refractivity contribution < 1.29 is 48.4 Å². The van der Waals surface area contributed by atoms with Gasteiger partial charge in [0.15, 0.2) is 0 Å². The molecule has 0 aliphatic rings. The van der Waals surface area contributed by atoms with Crippen LogP contribution in [0.5, 0.6) is 0 Å². The number of nitrogens with two attached hydrogens (primary N) is 2. The molecule has 0 unspecified atom stereocenters. The molecule has 0 aromatic carbocycles. The zero-order valence-corrected chi connectivity index (χ0v) is 29.7. The van der Waals surface area contributed by atoms with Gasteiger partial charge in [0, 0.05) is 48.1 Å². The second kappa shape index (κ2) is 17.7. The van der Waals surface area contributed by atoms with Crippen LogP contribution in [0.1, 0.15) is 95.9 Å². The zero-order chi connectivity index (χ0) is 37.2. The van der Waals surface area contributed by atoms with E-state index < -0.39 is 71.0 Å². The van der Waals surface area contributed by atoms with Crippen LogP contribution in [-0.4, -0.2) is 137 Å². The van der Waals surface area contributed by atoms with Crippen LogP contribution in [0.4, 0.5) is 28.0 Å². The Kier molecular flexibility index (Phi) is 17.3. The first-order valence-electron chi connectivity index (χ1n) is 15.2. The summed E-state index contributed by atoms with van der Waals surface area (Å²) < 4.78 is 28.8. The molecule has 4 amide bonds. The van der Waals surface area contributed by atoms with Gasteiger partial charge in [-0.2, -0.15) is 0 Å². The van der Waals surface area contributed by atoms with Crippen LogP contribution in [-0.2, 0) is 0 Å². The molecule has 0 aromatic heterocycles. The number of hydrogen-bond donors (Lipinski definition) is 6. The van der Waals surface area contributed by atoms with E-state index in [9.17, 15) is 48.4 Å². The van der Waals surface area contributed by atoms with Crippen LogP contribution < -0.4 is 11.5 Å². The van der Waals surface area contributed by atoms with E-state index in [1.165, 1.54) is 0 Å². The van der Waals surface area contributed by atoms with Crippen LogP contribution in [0, 0.1) is 0 Å². The Morgan fingerprint density at radius 3 is 0.891 bits per heavy atom. The zero-order valence-electron chi connectivity index (χ0n) is 29.7. The van der Waals surface area contributed by atoms with Crippen molar-refractivity contribution in [2.75, 3.05) is 26.2 Å². The fourth-order valence-electron chi connectivity index (χ4n) is 5.01. The van der Waals surface area contributed by atoms with Crippen LogP contribution in [0.25, 0.3) is 0 Å². The molecule has 0 saturated heterocycles. The number of hydrogen-bond acceptors (Lipinski definition) is 6. The maximum atomic E-state index is 14.4. The quantitative estimate of drug-likeness (QED) is 0.160. The number of halogens is 2. The van der Waals surface area contributed by atoms with Gasteiger partial charge in [-0.25, -0.2) is 28.0 Å². The van der Waals surface area contributed by atoms with Gasteiger partial charge in [-0.15, -0.1) is 0 Å². The van der Waals surface area contributed by atoms with Crippen LogP contribution in [0.2, 0.25) is 0 Å². The highest BCUT2D eigenvalue weighted by Crippen LogP contribution is 2.24. The third-order valence-corrected chi connectivity index (χ3v) is 7.03. The van der Waals surface area contributed by atoms with Crippen molar-refractivity contribution in [3.8, 4) is 0 Å². The molecule has 8 N–H and O–H groups in total. The first kappa shape index (κ1) is 45.0. The summed E-state index contributed by atoms with van der Waals surface area (Å²) in [5.74, 6) is 0. The summed E-state index contributed by atoms with van der Waals surface area (Å²) in [7, 11) is 0. The molecule has 16 heteroatoms. The van der Waals surface area contributed by atoms with Crippen molar-refractivity contribution in [2.24, 2.45) is 11.5 Å². The molecule has 4 atom stereocenters. The highest BCUT2D eigenvalue weighted by atomic mass is 19.1. The fraction of sp³-hybridized carbons (Fsp3) is 0.867. The summed E-state index contributed by atoms with van der Waals surface area (Å²) in [5, 5.41) is 37.1. The number of nitrogens with zero attached hydrogens (tertiary/aromatic N) is 4. The van der Waals surface area contributed by atoms with Gasteiger partial charge in [0.1, 0.15) is 12.3 Å². The van der Waals surface area contributed by atoms with Gasteiger partial charge >= 0.3 is 24.4 Å². The Bertz CT molecular complexity index is 914. The Morgan fingerprint density at radius 2 is 0.761 bits per heavy atom. The molecule has 0 aliphatic heterocycles. The Balaban J connectivity index is 0. The molecule has 0 aromatic rings. The highest BCUT2D eigenvalue weighted by Gasteiger charge is 2.37. The molecule has 46 heavy (non-hydrogen) atoms. The molecule has 14 nitrogen and oxygen atoms in total. The summed E-state index contributed by atoms with van der Waals surface area (Å²) in [6, 6.07) is -1.45. The van der Waals surface area contributed by atoms with Crippen LogP contribution >= 0.6 is 0 Å². The molecule has 0 heterocycles. The van der Waals surface area contributed by atoms with E-state index in [1.54, 1.807) is 83.1 Å². The van der Waals surface area contributed by atoms with Crippen LogP contribution in [0.15, 0.2) is 0 Å². The van der Waals surface area contributed by atoms with E-state index in [1.807, 2.05) is 0 Å². The molecule has 0 fully saturated rings. The van der Waals surface area contributed by atoms with E-state index >= 15 is 0 Å². The fourth-order valence-corrected chi connectivity index (χ4v) is 5.01. The first-order chi connectivity index (χ1) is 20.4. The van der Waals surface area contributed by atoms with Crippen molar-refractivity contribution in [3.63, 3.8) is 0 Å². The molecular formula is C30H60F2N6O8. The van der Waals surface area contributed by atoms with Gasteiger partial charge in [-0.05, 0) is 83.1 Å². The molecule has 272 valence electrons. The predicted octanol–water partition coefficient (Wildman–Crippen LogP) is 5.20. The third kappa shape index (κ3) is 15.4.